The van der Waals surface area contributed by atoms with E-state index in [0.717, 1.165) is 14.6 Å². The molecule has 1 fully saturated rings. The molecule has 0 saturated carbocycles. The molecule has 2 atom stereocenters. The highest BCUT2D eigenvalue weighted by Crippen LogP contribution is 2.30. The molecule has 11 heteroatoms. The van der Waals surface area contributed by atoms with Crippen LogP contribution in [0.1, 0.15) is 6.42 Å². The lowest BCUT2D eigenvalue weighted by Gasteiger charge is -2.29. The predicted octanol–water partition coefficient (Wildman–Crippen LogP) is 2.59. The van der Waals surface area contributed by atoms with Crippen molar-refractivity contribution in [3.63, 3.8) is 0 Å². The number of benzene rings is 2. The van der Waals surface area contributed by atoms with Gasteiger partial charge >= 0.3 is 0 Å². The van der Waals surface area contributed by atoms with E-state index in [1.165, 1.54) is 0 Å². The normalized spacial score (nSPS) is 18.9. The molecule has 0 radical (unpaired) electrons. The third kappa shape index (κ3) is 5.61. The summed E-state index contributed by atoms with van der Waals surface area (Å²) in [5.74, 6) is 2.01. The van der Waals surface area contributed by atoms with Crippen LogP contribution in [0.15, 0.2) is 51.8 Å². The van der Waals surface area contributed by atoms with Crippen LogP contribution in [0.3, 0.4) is 0 Å². The van der Waals surface area contributed by atoms with Crippen molar-refractivity contribution in [3.8, 4) is 11.5 Å². The molecule has 32 heavy (non-hydrogen) atoms. The smallest absolute Gasteiger partial charge is 0.224 e. The van der Waals surface area contributed by atoms with Gasteiger partial charge in [-0.25, -0.2) is 9.98 Å². The van der Waals surface area contributed by atoms with Gasteiger partial charge < -0.3 is 25.8 Å². The number of carbonyl (C=O) groups excluding carboxylic acids is 1. The zero-order chi connectivity index (χ0) is 22.5. The minimum atomic E-state index is -0.628. The zero-order valence-electron chi connectivity index (χ0n) is 17.6. The van der Waals surface area contributed by atoms with Gasteiger partial charge in [-0.05, 0) is 12.1 Å². The number of methoxy groups -OCH3 is 2. The molecular weight excluding hydrogens is 448 g/mol. The van der Waals surface area contributed by atoms with E-state index < -0.39 is 6.29 Å². The molecule has 0 bridgehead atoms. The van der Waals surface area contributed by atoms with Gasteiger partial charge in [-0.2, -0.15) is 0 Å². The number of nitrogens with two attached hydrogens (primary N) is 1. The summed E-state index contributed by atoms with van der Waals surface area (Å²) in [6.07, 6.45) is -0.262. The van der Waals surface area contributed by atoms with Crippen LogP contribution in [0.25, 0.3) is 10.2 Å². The molecule has 2 aromatic carbocycles. The van der Waals surface area contributed by atoms with E-state index in [9.17, 15) is 4.79 Å². The topological polar surface area (TPSA) is 123 Å². The van der Waals surface area contributed by atoms with Crippen LogP contribution in [-0.4, -0.2) is 49.2 Å². The first-order valence-corrected chi connectivity index (χ1v) is 11.7. The van der Waals surface area contributed by atoms with Crippen molar-refractivity contribution in [2.45, 2.75) is 23.1 Å². The summed E-state index contributed by atoms with van der Waals surface area (Å²) in [7, 11) is 3.15. The SMILES string of the molecule is COc1cc(N/C(N)=N/C2NC(=O)CC(CSc3nc4ccccc4s3)N2)cc(OC)c1. The second kappa shape index (κ2) is 10.1. The number of carbonyl (C=O) groups is 1. The summed E-state index contributed by atoms with van der Waals surface area (Å²) in [4.78, 5) is 21.2. The molecule has 9 nitrogen and oxygen atoms in total. The Labute approximate surface area is 193 Å². The van der Waals surface area contributed by atoms with Gasteiger partial charge in [0.25, 0.3) is 0 Å². The summed E-state index contributed by atoms with van der Waals surface area (Å²) in [6.45, 7) is 0. The van der Waals surface area contributed by atoms with Crippen LogP contribution in [0.5, 0.6) is 11.5 Å². The van der Waals surface area contributed by atoms with Crippen molar-refractivity contribution in [2.75, 3.05) is 25.3 Å². The summed E-state index contributed by atoms with van der Waals surface area (Å²) < 4.78 is 12.7. The number of hydrogen-bond donors (Lipinski definition) is 4. The number of ether oxygens (including phenoxy) is 2. The average molecular weight is 473 g/mol. The third-order valence-corrected chi connectivity index (χ3v) is 7.04. The van der Waals surface area contributed by atoms with E-state index in [1.807, 2.05) is 18.2 Å². The highest BCUT2D eigenvalue weighted by molar-refractivity contribution is 8.01. The van der Waals surface area contributed by atoms with Gasteiger partial charge in [0.1, 0.15) is 11.5 Å². The van der Waals surface area contributed by atoms with Crippen molar-refractivity contribution in [1.29, 1.82) is 0 Å². The predicted molar refractivity (Wildman–Crippen MR) is 129 cm³/mol. The van der Waals surface area contributed by atoms with Crippen molar-refractivity contribution in [1.82, 2.24) is 15.6 Å². The van der Waals surface area contributed by atoms with Gasteiger partial charge in [0.05, 0.1) is 24.4 Å². The Morgan fingerprint density at radius 1 is 1.28 bits per heavy atom. The standard InChI is InChI=1S/C21H24N6O3S2/c1-29-14-7-12(8-15(10-14)30-2)23-19(22)27-20-24-13(9-18(28)26-20)11-31-21-25-16-5-3-4-6-17(16)32-21/h3-8,10,13,20,24H,9,11H2,1-2H3,(H,26,28)(H3,22,23,27). The number of nitrogens with zero attached hydrogens (tertiary/aromatic N) is 2. The zero-order valence-corrected chi connectivity index (χ0v) is 19.3. The lowest BCUT2D eigenvalue weighted by atomic mass is 10.2. The number of hydrogen-bond acceptors (Lipinski definition) is 8. The maximum atomic E-state index is 12.2. The molecule has 1 aliphatic heterocycles. The van der Waals surface area contributed by atoms with E-state index in [2.05, 4.69) is 32.0 Å². The quantitative estimate of drug-likeness (QED) is 0.235. The summed E-state index contributed by atoms with van der Waals surface area (Å²) in [6, 6.07) is 13.3. The second-order valence-electron chi connectivity index (χ2n) is 7.04. The highest BCUT2D eigenvalue weighted by atomic mass is 32.2. The first-order valence-electron chi connectivity index (χ1n) is 9.89. The summed E-state index contributed by atoms with van der Waals surface area (Å²) >= 11 is 3.28. The van der Waals surface area contributed by atoms with Gasteiger partial charge in [-0.1, -0.05) is 23.9 Å². The Morgan fingerprint density at radius 2 is 2.03 bits per heavy atom. The number of guanidine groups is 1. The number of thioether (sulfide) groups is 1. The average Bonchev–Trinajstić information content (AvgIpc) is 3.20. The Kier molecular flexibility index (Phi) is 6.98. The number of aliphatic imine (C=N–C) groups is 1. The largest absolute Gasteiger partial charge is 0.497 e. The number of amides is 1. The van der Waals surface area contributed by atoms with Crippen LogP contribution in [0.2, 0.25) is 0 Å². The van der Waals surface area contributed by atoms with Gasteiger partial charge in [-0.3, -0.25) is 10.1 Å². The Hall–Kier alpha value is -3.02. The molecule has 168 valence electrons. The number of nitrogens with one attached hydrogen (secondary N) is 3. The summed E-state index contributed by atoms with van der Waals surface area (Å²) in [5, 5.41) is 9.12. The summed E-state index contributed by atoms with van der Waals surface area (Å²) in [5.41, 5.74) is 7.72. The first kappa shape index (κ1) is 22.2. The maximum Gasteiger partial charge on any atom is 0.224 e. The molecule has 2 heterocycles. The Balaban J connectivity index is 1.38. The number of anilines is 1. The number of aromatic nitrogens is 1. The van der Waals surface area contributed by atoms with Gasteiger partial charge in [0, 0.05) is 42.1 Å². The minimum absolute atomic E-state index is 0.0563. The van der Waals surface area contributed by atoms with Gasteiger partial charge in [0.15, 0.2) is 16.6 Å². The fourth-order valence-corrected chi connectivity index (χ4v) is 5.35. The lowest BCUT2D eigenvalue weighted by molar-refractivity contribution is -0.124. The van der Waals surface area contributed by atoms with Crippen LogP contribution in [0.4, 0.5) is 5.69 Å². The number of para-hydroxylation sites is 1. The molecule has 5 N–H and O–H groups in total. The van der Waals surface area contributed by atoms with Crippen LogP contribution >= 0.6 is 23.1 Å². The molecule has 3 aromatic rings. The third-order valence-electron chi connectivity index (χ3n) is 4.70. The maximum absolute atomic E-state index is 12.2. The van der Waals surface area contributed by atoms with E-state index >= 15 is 0 Å². The molecule has 1 aliphatic rings. The lowest BCUT2D eigenvalue weighted by Crippen LogP contribution is -2.57. The monoisotopic (exact) mass is 472 g/mol. The van der Waals surface area contributed by atoms with Crippen molar-refractivity contribution in [3.05, 3.63) is 42.5 Å². The molecular formula is C21H24N6O3S2. The van der Waals surface area contributed by atoms with Crippen molar-refractivity contribution < 1.29 is 14.3 Å². The van der Waals surface area contributed by atoms with E-state index in [0.29, 0.717) is 29.4 Å². The molecule has 1 amide bonds. The molecule has 4 rings (SSSR count). The van der Waals surface area contributed by atoms with Gasteiger partial charge in [-0.15, -0.1) is 11.3 Å². The number of fused-ring (bicyclic) bond motifs is 1. The van der Waals surface area contributed by atoms with Crippen LogP contribution < -0.4 is 31.2 Å². The van der Waals surface area contributed by atoms with E-state index in [4.69, 9.17) is 15.2 Å². The fourth-order valence-electron chi connectivity index (χ4n) is 3.22. The molecule has 1 saturated heterocycles. The Bertz CT molecular complexity index is 1080. The second-order valence-corrected chi connectivity index (χ2v) is 9.33. The molecule has 0 spiro atoms. The fraction of sp³-hybridized carbons (Fsp3) is 0.286. The highest BCUT2D eigenvalue weighted by Gasteiger charge is 2.26. The van der Waals surface area contributed by atoms with Crippen LogP contribution in [-0.2, 0) is 4.79 Å². The number of rotatable bonds is 7. The van der Waals surface area contributed by atoms with Gasteiger partial charge in [0.2, 0.25) is 5.91 Å². The Morgan fingerprint density at radius 3 is 2.75 bits per heavy atom. The molecule has 2 unspecified atom stereocenters. The van der Waals surface area contributed by atoms with E-state index in [-0.39, 0.29) is 17.9 Å². The van der Waals surface area contributed by atoms with Crippen LogP contribution in [0, 0.1) is 0 Å². The number of thiazole rings is 1. The minimum Gasteiger partial charge on any atom is -0.497 e. The molecule has 0 aliphatic carbocycles. The first-order chi connectivity index (χ1) is 15.5. The molecule has 1 aromatic heterocycles. The van der Waals surface area contributed by atoms with Crippen molar-refractivity contribution in [2.24, 2.45) is 10.7 Å². The van der Waals surface area contributed by atoms with Crippen molar-refractivity contribution >= 4 is 50.9 Å². The van der Waals surface area contributed by atoms with E-state index in [1.54, 1.807) is 55.5 Å².